The van der Waals surface area contributed by atoms with Crippen molar-refractivity contribution >= 4 is 27.4 Å². The van der Waals surface area contributed by atoms with E-state index < -0.39 is 0 Å². The zero-order chi connectivity index (χ0) is 13.1. The molecule has 0 N–H and O–H groups in total. The van der Waals surface area contributed by atoms with E-state index in [1.807, 2.05) is 12.1 Å². The van der Waals surface area contributed by atoms with Crippen LogP contribution in [0.3, 0.4) is 0 Å². The fourth-order valence-corrected chi connectivity index (χ4v) is 3.24. The fourth-order valence-electron chi connectivity index (χ4n) is 2.88. The maximum absolute atomic E-state index is 11.8. The van der Waals surface area contributed by atoms with Crippen LogP contribution in [0.2, 0.25) is 0 Å². The van der Waals surface area contributed by atoms with E-state index in [4.69, 9.17) is 0 Å². The SMILES string of the molecule is CCN(c1ccc(Br)cc1C(C)=O)C1CCCC1. The highest BCUT2D eigenvalue weighted by molar-refractivity contribution is 9.10. The number of rotatable bonds is 4. The normalized spacial score (nSPS) is 15.9. The van der Waals surface area contributed by atoms with Crippen molar-refractivity contribution in [2.24, 2.45) is 0 Å². The molecule has 1 aromatic rings. The van der Waals surface area contributed by atoms with Crippen molar-refractivity contribution in [3.8, 4) is 0 Å². The number of nitrogens with zero attached hydrogens (tertiary/aromatic N) is 1. The Balaban J connectivity index is 2.37. The predicted molar refractivity (Wildman–Crippen MR) is 79.4 cm³/mol. The molecule has 1 fully saturated rings. The Morgan fingerprint density at radius 1 is 1.39 bits per heavy atom. The molecule has 0 saturated heterocycles. The van der Waals surface area contributed by atoms with Crippen molar-refractivity contribution in [3.05, 3.63) is 28.2 Å². The van der Waals surface area contributed by atoms with Crippen molar-refractivity contribution in [2.75, 3.05) is 11.4 Å². The quantitative estimate of drug-likeness (QED) is 0.767. The third kappa shape index (κ3) is 2.77. The average molecular weight is 310 g/mol. The second-order valence-electron chi connectivity index (χ2n) is 4.94. The number of hydrogen-bond acceptors (Lipinski definition) is 2. The summed E-state index contributed by atoms with van der Waals surface area (Å²) in [4.78, 5) is 14.2. The van der Waals surface area contributed by atoms with E-state index in [0.29, 0.717) is 6.04 Å². The molecule has 1 saturated carbocycles. The molecule has 0 radical (unpaired) electrons. The third-order valence-corrected chi connectivity index (χ3v) is 4.25. The highest BCUT2D eigenvalue weighted by Gasteiger charge is 2.24. The Kier molecular flexibility index (Phi) is 4.44. The van der Waals surface area contributed by atoms with Crippen molar-refractivity contribution in [3.63, 3.8) is 0 Å². The minimum Gasteiger partial charge on any atom is -0.368 e. The standard InChI is InChI=1S/C15H20BrNO/c1-3-17(13-6-4-5-7-13)15-9-8-12(16)10-14(15)11(2)18/h8-10,13H,3-7H2,1-2H3. The molecule has 0 unspecified atom stereocenters. The summed E-state index contributed by atoms with van der Waals surface area (Å²) < 4.78 is 0.971. The molecule has 0 bridgehead atoms. The number of hydrogen-bond donors (Lipinski definition) is 0. The Bertz CT molecular complexity index is 438. The largest absolute Gasteiger partial charge is 0.368 e. The lowest BCUT2D eigenvalue weighted by Gasteiger charge is -2.31. The smallest absolute Gasteiger partial charge is 0.161 e. The maximum Gasteiger partial charge on any atom is 0.161 e. The van der Waals surface area contributed by atoms with Gasteiger partial charge in [0.2, 0.25) is 0 Å². The van der Waals surface area contributed by atoms with Crippen LogP contribution in [0.15, 0.2) is 22.7 Å². The van der Waals surface area contributed by atoms with Gasteiger partial charge in [-0.1, -0.05) is 28.8 Å². The van der Waals surface area contributed by atoms with Crippen molar-refractivity contribution in [1.82, 2.24) is 0 Å². The van der Waals surface area contributed by atoms with Gasteiger partial charge in [0.1, 0.15) is 0 Å². The number of benzene rings is 1. The molecule has 0 atom stereocenters. The second-order valence-corrected chi connectivity index (χ2v) is 5.86. The molecule has 2 nitrogen and oxygen atoms in total. The lowest BCUT2D eigenvalue weighted by Crippen LogP contribution is -2.34. The van der Waals surface area contributed by atoms with Crippen LogP contribution < -0.4 is 4.90 Å². The minimum absolute atomic E-state index is 0.141. The summed E-state index contributed by atoms with van der Waals surface area (Å²) in [6.07, 6.45) is 5.13. The van der Waals surface area contributed by atoms with Crippen LogP contribution in [-0.4, -0.2) is 18.4 Å². The summed E-state index contributed by atoms with van der Waals surface area (Å²) in [5.41, 5.74) is 1.93. The average Bonchev–Trinajstić information content (AvgIpc) is 2.85. The van der Waals surface area contributed by atoms with Gasteiger partial charge in [0, 0.05) is 28.3 Å². The summed E-state index contributed by atoms with van der Waals surface area (Å²) in [5, 5.41) is 0. The maximum atomic E-state index is 11.8. The number of ketones is 1. The van der Waals surface area contributed by atoms with Gasteiger partial charge in [-0.2, -0.15) is 0 Å². The third-order valence-electron chi connectivity index (χ3n) is 3.75. The van der Waals surface area contributed by atoms with Gasteiger partial charge < -0.3 is 4.90 Å². The Labute approximate surface area is 117 Å². The monoisotopic (exact) mass is 309 g/mol. The Hall–Kier alpha value is -0.830. The van der Waals surface area contributed by atoms with Crippen LogP contribution >= 0.6 is 15.9 Å². The van der Waals surface area contributed by atoms with Crippen LogP contribution in [-0.2, 0) is 0 Å². The van der Waals surface area contributed by atoms with Gasteiger partial charge in [-0.3, -0.25) is 4.79 Å². The van der Waals surface area contributed by atoms with E-state index in [9.17, 15) is 4.79 Å². The number of Topliss-reactive ketones (excluding diaryl/α,β-unsaturated/α-hetero) is 1. The molecule has 1 aliphatic carbocycles. The van der Waals surface area contributed by atoms with Crippen LogP contribution in [0.25, 0.3) is 0 Å². The first-order chi connectivity index (χ1) is 8.63. The van der Waals surface area contributed by atoms with Gasteiger partial charge in [0.25, 0.3) is 0 Å². The second kappa shape index (κ2) is 5.87. The molecule has 0 aromatic heterocycles. The first-order valence-corrected chi connectivity index (χ1v) is 7.50. The molecule has 2 rings (SSSR count). The van der Waals surface area contributed by atoms with E-state index in [1.165, 1.54) is 25.7 Å². The van der Waals surface area contributed by atoms with Crippen molar-refractivity contribution < 1.29 is 4.79 Å². The van der Waals surface area contributed by atoms with Gasteiger partial charge in [-0.25, -0.2) is 0 Å². The molecular formula is C15H20BrNO. The Morgan fingerprint density at radius 3 is 2.61 bits per heavy atom. The summed E-state index contributed by atoms with van der Waals surface area (Å²) in [5.74, 6) is 0.141. The zero-order valence-corrected chi connectivity index (χ0v) is 12.7. The van der Waals surface area contributed by atoms with Gasteiger partial charge in [-0.05, 0) is 44.9 Å². The van der Waals surface area contributed by atoms with E-state index in [1.54, 1.807) is 6.92 Å². The highest BCUT2D eigenvalue weighted by Crippen LogP contribution is 2.32. The molecular weight excluding hydrogens is 290 g/mol. The molecule has 0 heterocycles. The number of carbonyl (C=O) groups excluding carboxylic acids is 1. The summed E-state index contributed by atoms with van der Waals surface area (Å²) in [7, 11) is 0. The highest BCUT2D eigenvalue weighted by atomic mass is 79.9. The van der Waals surface area contributed by atoms with Crippen molar-refractivity contribution in [2.45, 2.75) is 45.6 Å². The van der Waals surface area contributed by atoms with Crippen LogP contribution in [0, 0.1) is 0 Å². The van der Waals surface area contributed by atoms with Gasteiger partial charge in [0.15, 0.2) is 5.78 Å². The molecule has 3 heteroatoms. The first kappa shape index (κ1) is 13.6. The number of halogens is 1. The topological polar surface area (TPSA) is 20.3 Å². The number of anilines is 1. The molecule has 98 valence electrons. The fraction of sp³-hybridized carbons (Fsp3) is 0.533. The van der Waals surface area contributed by atoms with Crippen LogP contribution in [0.5, 0.6) is 0 Å². The summed E-state index contributed by atoms with van der Waals surface area (Å²) >= 11 is 3.45. The molecule has 0 amide bonds. The minimum atomic E-state index is 0.141. The molecule has 1 aromatic carbocycles. The Morgan fingerprint density at radius 2 is 2.06 bits per heavy atom. The van der Waals surface area contributed by atoms with E-state index in [-0.39, 0.29) is 5.78 Å². The van der Waals surface area contributed by atoms with Gasteiger partial charge in [0.05, 0.1) is 0 Å². The van der Waals surface area contributed by atoms with E-state index in [0.717, 1.165) is 22.3 Å². The van der Waals surface area contributed by atoms with Crippen LogP contribution in [0.1, 0.15) is 49.9 Å². The zero-order valence-electron chi connectivity index (χ0n) is 11.1. The summed E-state index contributed by atoms with van der Waals surface area (Å²) in [6, 6.07) is 6.64. The lowest BCUT2D eigenvalue weighted by atomic mass is 10.1. The summed E-state index contributed by atoms with van der Waals surface area (Å²) in [6.45, 7) is 4.78. The van der Waals surface area contributed by atoms with Gasteiger partial charge >= 0.3 is 0 Å². The van der Waals surface area contributed by atoms with E-state index in [2.05, 4.69) is 33.8 Å². The first-order valence-electron chi connectivity index (χ1n) is 6.70. The lowest BCUT2D eigenvalue weighted by molar-refractivity contribution is 0.101. The van der Waals surface area contributed by atoms with Gasteiger partial charge in [-0.15, -0.1) is 0 Å². The molecule has 0 aliphatic heterocycles. The number of carbonyl (C=O) groups is 1. The predicted octanol–water partition coefficient (Wildman–Crippen LogP) is 4.42. The van der Waals surface area contributed by atoms with E-state index >= 15 is 0 Å². The van der Waals surface area contributed by atoms with Crippen LogP contribution in [0.4, 0.5) is 5.69 Å². The molecule has 0 spiro atoms. The van der Waals surface area contributed by atoms with Crippen molar-refractivity contribution in [1.29, 1.82) is 0 Å². The molecule has 18 heavy (non-hydrogen) atoms. The molecule has 1 aliphatic rings.